The van der Waals surface area contributed by atoms with Gasteiger partial charge in [-0.15, -0.1) is 11.7 Å². The smallest absolute Gasteiger partial charge is 0.186 e. The van der Waals surface area contributed by atoms with E-state index in [0.717, 1.165) is 24.5 Å². The third kappa shape index (κ3) is 3.27. The summed E-state index contributed by atoms with van der Waals surface area (Å²) in [6, 6.07) is 2.19. The van der Waals surface area contributed by atoms with Gasteiger partial charge in [0.05, 0.1) is 12.2 Å². The molecular formula is C16H24N4. The number of nitrogens with zero attached hydrogens (tertiary/aromatic N) is 4. The lowest BCUT2D eigenvalue weighted by Crippen LogP contribution is -2.17. The topological polar surface area (TPSA) is 54.5 Å². The summed E-state index contributed by atoms with van der Waals surface area (Å²) in [5.41, 5.74) is 1.53. The van der Waals surface area contributed by atoms with E-state index in [2.05, 4.69) is 29.9 Å². The van der Waals surface area contributed by atoms with E-state index in [4.69, 9.17) is 0 Å². The second kappa shape index (κ2) is 7.23. The number of hydrogen-bond donors (Lipinski definition) is 0. The Balaban J connectivity index is 2.04. The lowest BCUT2D eigenvalue weighted by Gasteiger charge is -2.28. The van der Waals surface area contributed by atoms with Crippen molar-refractivity contribution in [3.05, 3.63) is 24.0 Å². The second-order valence-electron chi connectivity index (χ2n) is 5.77. The molecule has 4 nitrogen and oxygen atoms in total. The summed E-state index contributed by atoms with van der Waals surface area (Å²) in [4.78, 5) is 0. The molecule has 1 aliphatic rings. The average molecular weight is 272 g/mol. The minimum absolute atomic E-state index is 0.442. The molecule has 4 heteroatoms. The predicted molar refractivity (Wildman–Crippen MR) is 79.2 cm³/mol. The molecule has 1 fully saturated rings. The summed E-state index contributed by atoms with van der Waals surface area (Å²) in [7, 11) is 0. The molecule has 2 rings (SSSR count). The van der Waals surface area contributed by atoms with E-state index in [1.54, 1.807) is 0 Å². The summed E-state index contributed by atoms with van der Waals surface area (Å²) >= 11 is 0. The minimum Gasteiger partial charge on any atom is -0.244 e. The highest BCUT2D eigenvalue weighted by Crippen LogP contribution is 2.38. The minimum atomic E-state index is 0.442. The molecule has 108 valence electrons. The van der Waals surface area contributed by atoms with Crippen molar-refractivity contribution in [2.45, 2.75) is 64.3 Å². The lowest BCUT2D eigenvalue weighted by atomic mass is 9.78. The van der Waals surface area contributed by atoms with E-state index in [0.29, 0.717) is 18.2 Å². The third-order valence-corrected chi connectivity index (χ3v) is 4.38. The van der Waals surface area contributed by atoms with Crippen molar-refractivity contribution in [1.29, 1.82) is 5.26 Å². The Morgan fingerprint density at radius 2 is 2.15 bits per heavy atom. The van der Waals surface area contributed by atoms with Crippen LogP contribution < -0.4 is 0 Å². The fourth-order valence-electron chi connectivity index (χ4n) is 3.28. The van der Waals surface area contributed by atoms with Gasteiger partial charge in [-0.1, -0.05) is 37.5 Å². The number of hydrogen-bond acceptors (Lipinski definition) is 3. The molecule has 0 aromatic carbocycles. The van der Waals surface area contributed by atoms with Crippen molar-refractivity contribution >= 4 is 0 Å². The van der Waals surface area contributed by atoms with Gasteiger partial charge in [-0.25, -0.2) is 4.68 Å². The maximum Gasteiger partial charge on any atom is 0.186 e. The molecule has 1 aliphatic carbocycles. The summed E-state index contributed by atoms with van der Waals surface area (Å²) in [5.74, 6) is 1.32. The van der Waals surface area contributed by atoms with Gasteiger partial charge in [0.2, 0.25) is 0 Å². The Kier molecular flexibility index (Phi) is 5.34. The maximum absolute atomic E-state index is 9.21. The molecule has 0 unspecified atom stereocenters. The lowest BCUT2D eigenvalue weighted by molar-refractivity contribution is 0.297. The van der Waals surface area contributed by atoms with Crippen molar-refractivity contribution in [3.8, 4) is 6.07 Å². The fourth-order valence-corrected chi connectivity index (χ4v) is 3.28. The highest BCUT2D eigenvalue weighted by molar-refractivity contribution is 5.28. The van der Waals surface area contributed by atoms with Crippen LogP contribution in [-0.2, 0) is 6.54 Å². The molecule has 0 amide bonds. The highest BCUT2D eigenvalue weighted by atomic mass is 15.4. The molecule has 0 radical (unpaired) electrons. The van der Waals surface area contributed by atoms with Crippen molar-refractivity contribution in [2.24, 2.45) is 5.92 Å². The van der Waals surface area contributed by atoms with Crippen LogP contribution in [0.5, 0.6) is 0 Å². The van der Waals surface area contributed by atoms with Crippen molar-refractivity contribution in [3.63, 3.8) is 0 Å². The number of unbranched alkanes of at least 4 members (excludes halogenated alkanes) is 1. The van der Waals surface area contributed by atoms with E-state index >= 15 is 0 Å². The first-order chi connectivity index (χ1) is 9.80. The zero-order valence-electron chi connectivity index (χ0n) is 12.4. The van der Waals surface area contributed by atoms with Gasteiger partial charge in [-0.2, -0.15) is 5.26 Å². The highest BCUT2D eigenvalue weighted by Gasteiger charge is 2.27. The molecule has 0 N–H and O–H groups in total. The SMILES string of the molecule is C=CCn1nnc(C#N)c1C1CCC(CCCC)CC1. The number of aromatic nitrogens is 3. The number of nitriles is 1. The van der Waals surface area contributed by atoms with Crippen LogP contribution in [0.3, 0.4) is 0 Å². The van der Waals surface area contributed by atoms with Crippen LogP contribution in [-0.4, -0.2) is 15.0 Å². The quantitative estimate of drug-likeness (QED) is 0.740. The zero-order chi connectivity index (χ0) is 14.4. The van der Waals surface area contributed by atoms with Gasteiger partial charge >= 0.3 is 0 Å². The van der Waals surface area contributed by atoms with Crippen molar-refractivity contribution in [1.82, 2.24) is 15.0 Å². The molecule has 0 saturated heterocycles. The van der Waals surface area contributed by atoms with Crippen LogP contribution in [0, 0.1) is 17.2 Å². The first-order valence-electron chi connectivity index (χ1n) is 7.74. The summed E-state index contributed by atoms with van der Waals surface area (Å²) in [6.07, 6.45) is 10.7. The number of rotatable bonds is 6. The zero-order valence-corrected chi connectivity index (χ0v) is 12.4. The van der Waals surface area contributed by atoms with Crippen LogP contribution in [0.1, 0.15) is 69.2 Å². The van der Waals surface area contributed by atoms with Gasteiger partial charge in [-0.05, 0) is 31.6 Å². The standard InChI is InChI=1S/C16H24N4/c1-3-5-6-13-7-9-14(10-8-13)16-15(12-17)18-19-20(16)11-4-2/h4,13-14H,2-3,5-11H2,1H3. The van der Waals surface area contributed by atoms with E-state index < -0.39 is 0 Å². The van der Waals surface area contributed by atoms with E-state index in [1.165, 1.54) is 32.1 Å². The molecule has 1 aromatic rings. The summed E-state index contributed by atoms with van der Waals surface area (Å²) in [5, 5.41) is 17.3. The maximum atomic E-state index is 9.21. The molecule has 0 aliphatic heterocycles. The molecular weight excluding hydrogens is 248 g/mol. The molecule has 1 heterocycles. The first kappa shape index (κ1) is 14.8. The van der Waals surface area contributed by atoms with E-state index in [-0.39, 0.29) is 0 Å². The number of allylic oxidation sites excluding steroid dienone is 1. The van der Waals surface area contributed by atoms with Crippen LogP contribution in [0.25, 0.3) is 0 Å². The third-order valence-electron chi connectivity index (χ3n) is 4.38. The van der Waals surface area contributed by atoms with E-state index in [1.807, 2.05) is 10.8 Å². The molecule has 20 heavy (non-hydrogen) atoms. The normalized spacial score (nSPS) is 22.4. The van der Waals surface area contributed by atoms with Crippen LogP contribution in [0.4, 0.5) is 0 Å². The van der Waals surface area contributed by atoms with Gasteiger partial charge < -0.3 is 0 Å². The Bertz CT molecular complexity index is 475. The second-order valence-corrected chi connectivity index (χ2v) is 5.77. The molecule has 0 bridgehead atoms. The molecule has 1 aromatic heterocycles. The van der Waals surface area contributed by atoms with Crippen LogP contribution in [0.15, 0.2) is 12.7 Å². The average Bonchev–Trinajstić information content (AvgIpc) is 2.89. The Labute approximate surface area is 121 Å². The molecule has 0 atom stereocenters. The largest absolute Gasteiger partial charge is 0.244 e. The van der Waals surface area contributed by atoms with Crippen molar-refractivity contribution < 1.29 is 0 Å². The van der Waals surface area contributed by atoms with Gasteiger partial charge in [0.25, 0.3) is 0 Å². The summed E-state index contributed by atoms with van der Waals surface area (Å²) < 4.78 is 1.85. The summed E-state index contributed by atoms with van der Waals surface area (Å²) in [6.45, 7) is 6.64. The fraction of sp³-hybridized carbons (Fsp3) is 0.688. The Hall–Kier alpha value is -1.63. The monoisotopic (exact) mass is 272 g/mol. The Morgan fingerprint density at radius 3 is 2.75 bits per heavy atom. The van der Waals surface area contributed by atoms with E-state index in [9.17, 15) is 5.26 Å². The van der Waals surface area contributed by atoms with Gasteiger partial charge in [0, 0.05) is 5.92 Å². The van der Waals surface area contributed by atoms with Gasteiger partial charge in [0.1, 0.15) is 6.07 Å². The molecule has 0 spiro atoms. The van der Waals surface area contributed by atoms with Gasteiger partial charge in [-0.3, -0.25) is 0 Å². The molecule has 1 saturated carbocycles. The predicted octanol–water partition coefficient (Wildman–Crippen LogP) is 3.80. The first-order valence-corrected chi connectivity index (χ1v) is 7.74. The van der Waals surface area contributed by atoms with Crippen LogP contribution >= 0.6 is 0 Å². The van der Waals surface area contributed by atoms with Gasteiger partial charge in [0.15, 0.2) is 5.69 Å². The Morgan fingerprint density at radius 1 is 1.40 bits per heavy atom. The van der Waals surface area contributed by atoms with Crippen LogP contribution in [0.2, 0.25) is 0 Å². The van der Waals surface area contributed by atoms with Crippen molar-refractivity contribution in [2.75, 3.05) is 0 Å².